The van der Waals surface area contributed by atoms with Crippen LogP contribution in [0, 0.1) is 0 Å². The van der Waals surface area contributed by atoms with Crippen molar-refractivity contribution in [3.8, 4) is 17.2 Å². The van der Waals surface area contributed by atoms with E-state index < -0.39 is 11.1 Å². The fraction of sp³-hybridized carbons (Fsp3) is 0.256. The van der Waals surface area contributed by atoms with E-state index in [1.807, 2.05) is 18.2 Å². The van der Waals surface area contributed by atoms with Gasteiger partial charge in [0, 0.05) is 45.0 Å². The fourth-order valence-electron chi connectivity index (χ4n) is 6.34. The highest BCUT2D eigenvalue weighted by atomic mass is 16.5. The summed E-state index contributed by atoms with van der Waals surface area (Å²) in [5.74, 6) is 1.35. The third-order valence-electron chi connectivity index (χ3n) is 9.20. The van der Waals surface area contributed by atoms with Crippen molar-refractivity contribution in [3.63, 3.8) is 0 Å². The molecular weight excluding hydrogens is 620 g/mol. The lowest BCUT2D eigenvalue weighted by Crippen LogP contribution is -2.53. The lowest BCUT2D eigenvalue weighted by molar-refractivity contribution is -0.114. The summed E-state index contributed by atoms with van der Waals surface area (Å²) in [5.41, 5.74) is 5.19. The smallest absolute Gasteiger partial charge is 0.274 e. The number of carbonyl (C=O) groups excluding carboxylic acids is 1. The Bertz CT molecular complexity index is 2210. The first-order valence-electron chi connectivity index (χ1n) is 16.2. The monoisotopic (exact) mass is 660 g/mol. The minimum atomic E-state index is -0.452. The molecule has 0 saturated heterocycles. The standard InChI is InChI=1S/C39H40N4O6/c1-41(31-13-11-25(12-14-31)15-17-43-18-16-27-22-34(48-3)35(49-4)23-30(27)24-43)38(46)29-9-6-8-28(21-29)36-39(47)42(2)33(37(45)40-36)20-26-7-5-10-32(44)19-26/h5-7,9-14,19-23,44H,8,15-18,24H2,1-4H3,(H,40,45). The summed E-state index contributed by atoms with van der Waals surface area (Å²) in [6.07, 6.45) is 9.00. The molecule has 0 spiro atoms. The third kappa shape index (κ3) is 7.14. The largest absolute Gasteiger partial charge is 0.508 e. The highest BCUT2D eigenvalue weighted by Gasteiger charge is 2.20. The number of nitrogens with one attached hydrogen (secondary N) is 1. The van der Waals surface area contributed by atoms with Gasteiger partial charge in [-0.15, -0.1) is 0 Å². The molecule has 252 valence electrons. The molecule has 0 saturated carbocycles. The highest BCUT2D eigenvalue weighted by molar-refractivity contribution is 6.08. The zero-order valence-electron chi connectivity index (χ0n) is 28.2. The van der Waals surface area contributed by atoms with Crippen molar-refractivity contribution in [1.29, 1.82) is 0 Å². The van der Waals surface area contributed by atoms with Crippen LogP contribution in [0.5, 0.6) is 17.2 Å². The number of aromatic nitrogens is 2. The number of hydrogen-bond donors (Lipinski definition) is 2. The van der Waals surface area contributed by atoms with E-state index in [2.05, 4.69) is 34.1 Å². The number of rotatable bonds is 8. The SMILES string of the molecule is COc1cc2c(cc1OC)CN(CCc1ccc(N(C)C(=O)C3=CC(=c4[nH]c(=O)c(=Cc5cccc(O)c5)n(C)c4=O)CC=C3)cc1)CC2. The van der Waals surface area contributed by atoms with Crippen LogP contribution in [0.2, 0.25) is 0 Å². The van der Waals surface area contributed by atoms with Crippen LogP contribution in [-0.4, -0.2) is 59.8 Å². The minimum Gasteiger partial charge on any atom is -0.508 e. The second-order valence-corrected chi connectivity index (χ2v) is 12.3. The molecule has 0 unspecified atom stereocenters. The predicted octanol–water partition coefficient (Wildman–Crippen LogP) is 2.93. The second kappa shape index (κ2) is 14.2. The van der Waals surface area contributed by atoms with Crippen molar-refractivity contribution in [2.24, 2.45) is 7.05 Å². The molecule has 1 aromatic heterocycles. The molecule has 2 aliphatic rings. The lowest BCUT2D eigenvalue weighted by Gasteiger charge is -2.29. The molecule has 2 heterocycles. The van der Waals surface area contributed by atoms with Gasteiger partial charge in [0.2, 0.25) is 0 Å². The van der Waals surface area contributed by atoms with Crippen molar-refractivity contribution in [2.45, 2.75) is 25.8 Å². The number of likely N-dealkylation sites (N-methyl/N-ethyl adjacent to an activating group) is 1. The lowest BCUT2D eigenvalue weighted by atomic mass is 9.98. The van der Waals surface area contributed by atoms with Crippen molar-refractivity contribution >= 4 is 23.2 Å². The van der Waals surface area contributed by atoms with Gasteiger partial charge < -0.3 is 29.0 Å². The van der Waals surface area contributed by atoms with E-state index in [-0.39, 0.29) is 22.4 Å². The number of aromatic amines is 1. The molecule has 49 heavy (non-hydrogen) atoms. The molecule has 0 radical (unpaired) electrons. The Hall–Kier alpha value is -5.61. The second-order valence-electron chi connectivity index (χ2n) is 12.3. The number of ether oxygens (including phenoxy) is 2. The topological polar surface area (TPSA) is 117 Å². The first-order valence-corrected chi connectivity index (χ1v) is 16.2. The first-order chi connectivity index (χ1) is 23.6. The summed E-state index contributed by atoms with van der Waals surface area (Å²) < 4.78 is 12.3. The average molecular weight is 661 g/mol. The number of benzene rings is 3. The van der Waals surface area contributed by atoms with Gasteiger partial charge in [0.1, 0.15) is 16.4 Å². The summed E-state index contributed by atoms with van der Waals surface area (Å²) >= 11 is 0. The van der Waals surface area contributed by atoms with Gasteiger partial charge >= 0.3 is 0 Å². The molecule has 10 nitrogen and oxygen atoms in total. The van der Waals surface area contributed by atoms with Gasteiger partial charge in [-0.2, -0.15) is 0 Å². The van der Waals surface area contributed by atoms with E-state index in [1.54, 1.807) is 56.5 Å². The van der Waals surface area contributed by atoms with Crippen molar-refractivity contribution in [1.82, 2.24) is 14.5 Å². The number of aromatic hydroxyl groups is 1. The summed E-state index contributed by atoms with van der Waals surface area (Å²) in [7, 11) is 6.57. The van der Waals surface area contributed by atoms with E-state index in [0.29, 0.717) is 23.1 Å². The van der Waals surface area contributed by atoms with E-state index in [0.717, 1.165) is 49.7 Å². The maximum absolute atomic E-state index is 13.6. The summed E-state index contributed by atoms with van der Waals surface area (Å²) in [4.78, 5) is 46.8. The van der Waals surface area contributed by atoms with Gasteiger partial charge in [-0.25, -0.2) is 0 Å². The summed E-state index contributed by atoms with van der Waals surface area (Å²) in [6.45, 7) is 2.74. The third-order valence-corrected chi connectivity index (χ3v) is 9.20. The Morgan fingerprint density at radius 1 is 1.02 bits per heavy atom. The number of hydrogen-bond acceptors (Lipinski definition) is 7. The molecule has 1 aliphatic heterocycles. The van der Waals surface area contributed by atoms with Crippen LogP contribution in [0.4, 0.5) is 5.69 Å². The van der Waals surface area contributed by atoms with E-state index in [1.165, 1.54) is 40.4 Å². The number of methoxy groups -OCH3 is 2. The maximum atomic E-state index is 13.6. The van der Waals surface area contributed by atoms with Gasteiger partial charge in [0.05, 0.1) is 14.2 Å². The Kier molecular flexibility index (Phi) is 9.68. The Labute approximate surface area is 284 Å². The zero-order valence-corrected chi connectivity index (χ0v) is 28.2. The summed E-state index contributed by atoms with van der Waals surface area (Å²) in [5, 5.41) is 10.1. The number of allylic oxidation sites excluding steroid dienone is 2. The first kappa shape index (κ1) is 33.3. The van der Waals surface area contributed by atoms with Crippen LogP contribution >= 0.6 is 0 Å². The van der Waals surface area contributed by atoms with Crippen LogP contribution in [0.3, 0.4) is 0 Å². The van der Waals surface area contributed by atoms with Crippen molar-refractivity contribution < 1.29 is 19.4 Å². The molecule has 4 aromatic rings. The summed E-state index contributed by atoms with van der Waals surface area (Å²) in [6, 6.07) is 18.6. The molecular formula is C39H40N4O6. The number of H-pyrrole nitrogens is 1. The fourth-order valence-corrected chi connectivity index (χ4v) is 6.34. The normalized spacial score (nSPS) is 15.8. The molecule has 0 fully saturated rings. The minimum absolute atomic E-state index is 0.0586. The average Bonchev–Trinajstić information content (AvgIpc) is 3.13. The molecule has 0 bridgehead atoms. The van der Waals surface area contributed by atoms with Gasteiger partial charge in [-0.1, -0.05) is 36.4 Å². The number of phenols is 1. The highest BCUT2D eigenvalue weighted by Crippen LogP contribution is 2.33. The quantitative estimate of drug-likeness (QED) is 0.299. The van der Waals surface area contributed by atoms with Gasteiger partial charge in [-0.3, -0.25) is 19.3 Å². The van der Waals surface area contributed by atoms with Crippen molar-refractivity contribution in [2.75, 3.05) is 39.3 Å². The maximum Gasteiger partial charge on any atom is 0.274 e. The van der Waals surface area contributed by atoms with Crippen LogP contribution in [-0.2, 0) is 31.2 Å². The van der Waals surface area contributed by atoms with E-state index in [4.69, 9.17) is 9.47 Å². The Morgan fingerprint density at radius 2 is 1.76 bits per heavy atom. The number of phenolic OH excluding ortho intramolecular Hbond substituents is 1. The number of carbonyl (C=O) groups is 1. The Balaban J connectivity index is 1.15. The number of fused-ring (bicyclic) bond motifs is 1. The van der Waals surface area contributed by atoms with Crippen LogP contribution < -0.4 is 36.2 Å². The van der Waals surface area contributed by atoms with Crippen LogP contribution in [0.15, 0.2) is 94.1 Å². The van der Waals surface area contributed by atoms with E-state index in [9.17, 15) is 19.5 Å². The van der Waals surface area contributed by atoms with Gasteiger partial charge in [0.15, 0.2) is 11.5 Å². The molecule has 1 aliphatic carbocycles. The Morgan fingerprint density at radius 3 is 2.47 bits per heavy atom. The molecule has 0 atom stereocenters. The van der Waals surface area contributed by atoms with Gasteiger partial charge in [-0.05, 0) is 95.6 Å². The number of amides is 1. The van der Waals surface area contributed by atoms with Crippen LogP contribution in [0.1, 0.15) is 28.7 Å². The zero-order chi connectivity index (χ0) is 34.7. The number of nitrogens with zero attached hydrogens (tertiary/aromatic N) is 3. The predicted molar refractivity (Wildman–Crippen MR) is 191 cm³/mol. The molecule has 3 aromatic carbocycles. The molecule has 10 heteroatoms. The molecule has 6 rings (SSSR count). The molecule has 1 amide bonds. The van der Waals surface area contributed by atoms with Crippen molar-refractivity contribution in [3.05, 3.63) is 138 Å². The van der Waals surface area contributed by atoms with Crippen LogP contribution in [0.25, 0.3) is 11.6 Å². The van der Waals surface area contributed by atoms with Gasteiger partial charge in [0.25, 0.3) is 17.0 Å². The van der Waals surface area contributed by atoms with E-state index >= 15 is 0 Å². The molecule has 2 N–H and O–H groups in total. The number of anilines is 1.